The zero-order chi connectivity index (χ0) is 6.53. The Kier molecular flexibility index (Phi) is 7.40. The first-order chi connectivity index (χ1) is 4.43. The molecule has 0 bridgehead atoms. The molecule has 0 unspecified atom stereocenters. The van der Waals surface area contributed by atoms with Crippen molar-refractivity contribution in [3.05, 3.63) is 6.92 Å². The van der Waals surface area contributed by atoms with Gasteiger partial charge in [-0.25, -0.2) is 0 Å². The third kappa shape index (κ3) is 4.02. The Morgan fingerprint density at radius 1 is 1.30 bits per heavy atom. The molecule has 10 heavy (non-hydrogen) atoms. The van der Waals surface area contributed by atoms with E-state index >= 15 is 0 Å². The molecule has 0 atom stereocenters. The second kappa shape index (κ2) is 6.72. The van der Waals surface area contributed by atoms with Crippen molar-refractivity contribution in [1.82, 2.24) is 4.90 Å². The van der Waals surface area contributed by atoms with E-state index in [0.29, 0.717) is 0 Å². The van der Waals surface area contributed by atoms with Gasteiger partial charge in [0.1, 0.15) is 0 Å². The van der Waals surface area contributed by atoms with Crippen LogP contribution in [0.4, 0.5) is 0 Å². The van der Waals surface area contributed by atoms with Crippen LogP contribution in [0.1, 0.15) is 6.42 Å². The van der Waals surface area contributed by atoms with E-state index in [1.165, 1.54) is 0 Å². The van der Waals surface area contributed by atoms with Crippen molar-refractivity contribution < 1.29 is 37.4 Å². The molecule has 57 valence electrons. The summed E-state index contributed by atoms with van der Waals surface area (Å²) in [5.41, 5.74) is 0. The molecule has 1 fully saturated rings. The summed E-state index contributed by atoms with van der Waals surface area (Å²) >= 11 is 0. The van der Waals surface area contributed by atoms with E-state index in [4.69, 9.17) is 4.74 Å². The molecule has 0 saturated carbocycles. The first kappa shape index (κ1) is 11.0. The van der Waals surface area contributed by atoms with Gasteiger partial charge in [0.15, 0.2) is 0 Å². The fourth-order valence-corrected chi connectivity index (χ4v) is 1.05. The summed E-state index contributed by atoms with van der Waals surface area (Å²) in [6.07, 6.45) is 1.01. The molecule has 3 heteroatoms. The Bertz CT molecular complexity index is 71.3. The molecule has 0 N–H and O–H groups in total. The van der Waals surface area contributed by atoms with Gasteiger partial charge in [0.2, 0.25) is 0 Å². The Hall–Kier alpha value is 1.02. The molecule has 1 heterocycles. The second-order valence-electron chi connectivity index (χ2n) is 2.31. The summed E-state index contributed by atoms with van der Waals surface area (Å²) in [6.45, 7) is 8.92. The average molecular weight is 217 g/mol. The van der Waals surface area contributed by atoms with Crippen LogP contribution in [0.15, 0.2) is 0 Å². The van der Waals surface area contributed by atoms with E-state index < -0.39 is 0 Å². The minimum Gasteiger partial charge on any atom is -0.379 e. The van der Waals surface area contributed by atoms with Crippen molar-refractivity contribution in [2.45, 2.75) is 6.42 Å². The molecule has 0 aliphatic carbocycles. The van der Waals surface area contributed by atoms with Crippen molar-refractivity contribution in [2.75, 3.05) is 32.8 Å². The SMILES string of the molecule is [CH2-]CCN1CCOCC1.[Y]. The van der Waals surface area contributed by atoms with E-state index in [2.05, 4.69) is 11.8 Å². The molecule has 0 amide bonds. The quantitative estimate of drug-likeness (QED) is 0.626. The van der Waals surface area contributed by atoms with Gasteiger partial charge in [-0.2, -0.15) is 6.42 Å². The molecule has 0 aromatic heterocycles. The molecular formula is C7H14NOY-. The topological polar surface area (TPSA) is 12.5 Å². The zero-order valence-electron chi connectivity index (χ0n) is 6.38. The molecule has 1 aliphatic rings. The maximum atomic E-state index is 5.18. The summed E-state index contributed by atoms with van der Waals surface area (Å²) < 4.78 is 5.18. The number of hydrogen-bond acceptors (Lipinski definition) is 2. The first-order valence-electron chi connectivity index (χ1n) is 3.53. The monoisotopic (exact) mass is 217 g/mol. The molecule has 1 rings (SSSR count). The van der Waals surface area contributed by atoms with Gasteiger partial charge in [-0.05, 0) is 6.54 Å². The van der Waals surface area contributed by atoms with Crippen LogP contribution in [0.3, 0.4) is 0 Å². The van der Waals surface area contributed by atoms with Gasteiger partial charge in [0.25, 0.3) is 0 Å². The fourth-order valence-electron chi connectivity index (χ4n) is 1.05. The van der Waals surface area contributed by atoms with Crippen LogP contribution >= 0.6 is 0 Å². The predicted octanol–water partition coefficient (Wildman–Crippen LogP) is 0.540. The van der Waals surface area contributed by atoms with Crippen molar-refractivity contribution in [3.63, 3.8) is 0 Å². The minimum absolute atomic E-state index is 0. The van der Waals surface area contributed by atoms with Gasteiger partial charge in [-0.1, -0.05) is 0 Å². The maximum Gasteiger partial charge on any atom is 0.0594 e. The van der Waals surface area contributed by atoms with E-state index in [-0.39, 0.29) is 32.7 Å². The van der Waals surface area contributed by atoms with E-state index in [1.807, 2.05) is 0 Å². The van der Waals surface area contributed by atoms with Crippen LogP contribution in [0.25, 0.3) is 0 Å². The van der Waals surface area contributed by atoms with E-state index in [1.54, 1.807) is 0 Å². The van der Waals surface area contributed by atoms with Crippen molar-refractivity contribution in [2.24, 2.45) is 0 Å². The normalized spacial score (nSPS) is 20.1. The fraction of sp³-hybridized carbons (Fsp3) is 0.857. The molecule has 1 saturated heterocycles. The van der Waals surface area contributed by atoms with Gasteiger partial charge in [0.05, 0.1) is 13.2 Å². The predicted molar refractivity (Wildman–Crippen MR) is 37.2 cm³/mol. The third-order valence-electron chi connectivity index (χ3n) is 1.58. The number of hydrogen-bond donors (Lipinski definition) is 0. The van der Waals surface area contributed by atoms with Gasteiger partial charge in [-0.15, -0.1) is 0 Å². The maximum absolute atomic E-state index is 5.18. The molecule has 0 spiro atoms. The molecule has 1 aliphatic heterocycles. The summed E-state index contributed by atoms with van der Waals surface area (Å²) in [4.78, 5) is 2.39. The third-order valence-corrected chi connectivity index (χ3v) is 1.58. The number of rotatable bonds is 2. The molecule has 2 nitrogen and oxygen atoms in total. The van der Waals surface area contributed by atoms with Gasteiger partial charge in [0, 0.05) is 45.8 Å². The Morgan fingerprint density at radius 3 is 2.40 bits per heavy atom. The molecule has 0 aromatic carbocycles. The summed E-state index contributed by atoms with van der Waals surface area (Å²) in [7, 11) is 0. The molecule has 0 aromatic rings. The first-order valence-corrected chi connectivity index (χ1v) is 3.53. The second-order valence-corrected chi connectivity index (χ2v) is 2.31. The molecule has 1 radical (unpaired) electrons. The van der Waals surface area contributed by atoms with E-state index in [9.17, 15) is 0 Å². The van der Waals surface area contributed by atoms with Gasteiger partial charge in [-0.3, -0.25) is 0 Å². The smallest absolute Gasteiger partial charge is 0.0594 e. The largest absolute Gasteiger partial charge is 0.379 e. The Labute approximate surface area is 88.2 Å². The average Bonchev–Trinajstić information content (AvgIpc) is 1.91. The van der Waals surface area contributed by atoms with E-state index in [0.717, 1.165) is 39.3 Å². The minimum atomic E-state index is 0. The van der Waals surface area contributed by atoms with Crippen LogP contribution in [0, 0.1) is 6.92 Å². The van der Waals surface area contributed by atoms with Crippen LogP contribution in [0.5, 0.6) is 0 Å². The standard InChI is InChI=1S/C7H14NO.Y/c1-2-3-8-4-6-9-7-5-8;/h1-7H2;/q-1;. The van der Waals surface area contributed by atoms with Gasteiger partial charge >= 0.3 is 0 Å². The van der Waals surface area contributed by atoms with Crippen LogP contribution < -0.4 is 0 Å². The van der Waals surface area contributed by atoms with Crippen LogP contribution in [-0.2, 0) is 37.4 Å². The number of morpholine rings is 1. The van der Waals surface area contributed by atoms with Crippen LogP contribution in [0.2, 0.25) is 0 Å². The summed E-state index contributed by atoms with van der Waals surface area (Å²) in [5.74, 6) is 0. The Morgan fingerprint density at radius 2 is 1.90 bits per heavy atom. The van der Waals surface area contributed by atoms with Crippen molar-refractivity contribution in [3.8, 4) is 0 Å². The summed E-state index contributed by atoms with van der Waals surface area (Å²) in [5, 5.41) is 0. The summed E-state index contributed by atoms with van der Waals surface area (Å²) in [6, 6.07) is 0. The van der Waals surface area contributed by atoms with Crippen molar-refractivity contribution in [1.29, 1.82) is 0 Å². The van der Waals surface area contributed by atoms with Crippen LogP contribution in [-0.4, -0.2) is 37.7 Å². The number of nitrogens with zero attached hydrogens (tertiary/aromatic N) is 1. The van der Waals surface area contributed by atoms with Gasteiger partial charge < -0.3 is 16.6 Å². The Balaban J connectivity index is 0.000000810. The zero-order valence-corrected chi connectivity index (χ0v) is 9.22. The van der Waals surface area contributed by atoms with Crippen molar-refractivity contribution >= 4 is 0 Å². The molecular weight excluding hydrogens is 203 g/mol. The number of ether oxygens (including phenoxy) is 1.